The highest BCUT2D eigenvalue weighted by molar-refractivity contribution is 5.68. The van der Waals surface area contributed by atoms with Gasteiger partial charge in [-0.3, -0.25) is 4.79 Å². The average molecular weight is 210 g/mol. The Bertz CT molecular complexity index is 324. The van der Waals surface area contributed by atoms with Crippen LogP contribution in [0, 0.1) is 0 Å². The van der Waals surface area contributed by atoms with E-state index in [-0.39, 0.29) is 12.5 Å². The van der Waals surface area contributed by atoms with Gasteiger partial charge in [-0.2, -0.15) is 0 Å². The maximum Gasteiger partial charge on any atom is 0.305 e. The first-order chi connectivity index (χ1) is 7.11. The molecule has 82 valence electrons. The molecule has 0 radical (unpaired) electrons. The highest BCUT2D eigenvalue weighted by Crippen LogP contribution is 2.12. The fraction of sp³-hybridized carbons (Fsp3) is 0.400. The highest BCUT2D eigenvalue weighted by Gasteiger charge is 2.07. The van der Waals surface area contributed by atoms with Crippen molar-refractivity contribution in [2.75, 3.05) is 12.4 Å². The molecule has 0 saturated carbocycles. The van der Waals surface area contributed by atoms with Crippen molar-refractivity contribution in [1.29, 1.82) is 0 Å². The molecule has 1 heterocycles. The molecule has 1 unspecified atom stereocenters. The van der Waals surface area contributed by atoms with Crippen molar-refractivity contribution in [3.63, 3.8) is 0 Å². The summed E-state index contributed by atoms with van der Waals surface area (Å²) < 4.78 is 4.95. The van der Waals surface area contributed by atoms with E-state index >= 15 is 0 Å². The van der Waals surface area contributed by atoms with Gasteiger partial charge in [0.05, 0.1) is 19.7 Å². The highest BCUT2D eigenvalue weighted by atomic mass is 16.5. The number of nitrogens with one attached hydrogen (secondary N) is 1. The summed E-state index contributed by atoms with van der Waals surface area (Å²) in [5.41, 5.74) is 0. The number of aromatic nitrogens is 1. The summed E-state index contributed by atoms with van der Waals surface area (Å²) in [7, 11) is 1.57. The molecule has 5 nitrogen and oxygen atoms in total. The summed E-state index contributed by atoms with van der Waals surface area (Å²) in [4.78, 5) is 14.5. The van der Waals surface area contributed by atoms with Gasteiger partial charge in [0, 0.05) is 6.04 Å². The normalized spacial score (nSPS) is 11.9. The molecule has 0 spiro atoms. The molecular weight excluding hydrogens is 196 g/mol. The fourth-order valence-corrected chi connectivity index (χ4v) is 1.15. The van der Waals surface area contributed by atoms with Gasteiger partial charge in [-0.1, -0.05) is 0 Å². The second-order valence-electron chi connectivity index (χ2n) is 3.23. The van der Waals surface area contributed by atoms with Gasteiger partial charge in [0.1, 0.15) is 11.6 Å². The molecule has 1 aromatic heterocycles. The number of carboxylic acids is 1. The van der Waals surface area contributed by atoms with Crippen molar-refractivity contribution in [2.45, 2.75) is 19.4 Å². The van der Waals surface area contributed by atoms with Crippen LogP contribution in [0.1, 0.15) is 13.3 Å². The molecule has 0 amide bonds. The number of rotatable bonds is 5. The van der Waals surface area contributed by atoms with Crippen LogP contribution in [0.2, 0.25) is 0 Å². The minimum absolute atomic E-state index is 0.0632. The molecule has 5 heteroatoms. The molecule has 1 aromatic rings. The summed E-state index contributed by atoms with van der Waals surface area (Å²) in [6.45, 7) is 1.79. The van der Waals surface area contributed by atoms with Crippen LogP contribution >= 0.6 is 0 Å². The van der Waals surface area contributed by atoms with Crippen molar-refractivity contribution in [3.8, 4) is 5.75 Å². The van der Waals surface area contributed by atoms with Crippen molar-refractivity contribution < 1.29 is 14.6 Å². The fourth-order valence-electron chi connectivity index (χ4n) is 1.15. The van der Waals surface area contributed by atoms with Gasteiger partial charge in [-0.25, -0.2) is 4.98 Å². The van der Waals surface area contributed by atoms with Gasteiger partial charge in [-0.15, -0.1) is 0 Å². The number of pyridine rings is 1. The Balaban J connectivity index is 2.53. The van der Waals surface area contributed by atoms with E-state index in [9.17, 15) is 4.79 Å². The Kier molecular flexibility index (Phi) is 3.91. The lowest BCUT2D eigenvalue weighted by molar-refractivity contribution is -0.137. The van der Waals surface area contributed by atoms with E-state index in [0.29, 0.717) is 11.6 Å². The second kappa shape index (κ2) is 5.19. The third kappa shape index (κ3) is 3.84. The molecule has 0 fully saturated rings. The number of hydrogen-bond acceptors (Lipinski definition) is 4. The van der Waals surface area contributed by atoms with Gasteiger partial charge in [0.25, 0.3) is 0 Å². The predicted molar refractivity (Wildman–Crippen MR) is 56.1 cm³/mol. The summed E-state index contributed by atoms with van der Waals surface area (Å²) in [6.07, 6.45) is 1.64. The quantitative estimate of drug-likeness (QED) is 0.767. The van der Waals surface area contributed by atoms with E-state index in [1.807, 2.05) is 0 Å². The number of hydrogen-bond donors (Lipinski definition) is 2. The first-order valence-corrected chi connectivity index (χ1v) is 4.60. The van der Waals surface area contributed by atoms with Crippen LogP contribution in [0.4, 0.5) is 5.82 Å². The van der Waals surface area contributed by atoms with E-state index in [1.54, 1.807) is 32.4 Å². The smallest absolute Gasteiger partial charge is 0.305 e. The topological polar surface area (TPSA) is 71.5 Å². The number of methoxy groups -OCH3 is 1. The van der Waals surface area contributed by atoms with Gasteiger partial charge < -0.3 is 15.2 Å². The number of ether oxygens (including phenoxy) is 1. The van der Waals surface area contributed by atoms with Crippen LogP contribution < -0.4 is 10.1 Å². The Morgan fingerprint density at radius 1 is 1.67 bits per heavy atom. The lowest BCUT2D eigenvalue weighted by Crippen LogP contribution is -2.19. The van der Waals surface area contributed by atoms with E-state index in [1.165, 1.54) is 0 Å². The monoisotopic (exact) mass is 210 g/mol. The molecule has 0 bridgehead atoms. The van der Waals surface area contributed by atoms with Gasteiger partial charge >= 0.3 is 5.97 Å². The van der Waals surface area contributed by atoms with E-state index in [2.05, 4.69) is 10.3 Å². The number of anilines is 1. The second-order valence-corrected chi connectivity index (χ2v) is 3.23. The third-order valence-electron chi connectivity index (χ3n) is 1.85. The molecule has 1 atom stereocenters. The largest absolute Gasteiger partial charge is 0.495 e. The van der Waals surface area contributed by atoms with Crippen LogP contribution in [-0.4, -0.2) is 29.2 Å². The van der Waals surface area contributed by atoms with E-state index in [4.69, 9.17) is 9.84 Å². The lowest BCUT2D eigenvalue weighted by Gasteiger charge is -2.12. The Morgan fingerprint density at radius 2 is 2.40 bits per heavy atom. The van der Waals surface area contributed by atoms with Crippen LogP contribution in [0.5, 0.6) is 5.75 Å². The van der Waals surface area contributed by atoms with Crippen LogP contribution in [0.25, 0.3) is 0 Å². The minimum Gasteiger partial charge on any atom is -0.495 e. The van der Waals surface area contributed by atoms with E-state index in [0.717, 1.165) is 0 Å². The maximum atomic E-state index is 10.4. The molecule has 1 rings (SSSR count). The van der Waals surface area contributed by atoms with Crippen molar-refractivity contribution in [3.05, 3.63) is 18.3 Å². The molecule has 0 aliphatic rings. The summed E-state index contributed by atoms with van der Waals surface area (Å²) in [5.74, 6) is 0.486. The third-order valence-corrected chi connectivity index (χ3v) is 1.85. The Morgan fingerprint density at radius 3 is 2.87 bits per heavy atom. The van der Waals surface area contributed by atoms with Crippen molar-refractivity contribution >= 4 is 11.8 Å². The first-order valence-electron chi connectivity index (χ1n) is 4.60. The molecule has 0 aromatic carbocycles. The number of carbonyl (C=O) groups is 1. The van der Waals surface area contributed by atoms with Gasteiger partial charge in [0.2, 0.25) is 0 Å². The zero-order valence-corrected chi connectivity index (χ0v) is 8.73. The Hall–Kier alpha value is -1.78. The van der Waals surface area contributed by atoms with Gasteiger partial charge in [0.15, 0.2) is 0 Å². The molecule has 0 aliphatic heterocycles. The molecule has 2 N–H and O–H groups in total. The van der Waals surface area contributed by atoms with Gasteiger partial charge in [-0.05, 0) is 19.1 Å². The molecule has 0 saturated heterocycles. The SMILES string of the molecule is COc1ccc(NC(C)CC(=O)O)nc1. The number of aliphatic carboxylic acids is 1. The first kappa shape index (κ1) is 11.3. The summed E-state index contributed by atoms with van der Waals surface area (Å²) in [5, 5.41) is 11.5. The molecule has 0 aliphatic carbocycles. The number of nitrogens with zero attached hydrogens (tertiary/aromatic N) is 1. The molecular formula is C10H14N2O3. The zero-order chi connectivity index (χ0) is 11.3. The lowest BCUT2D eigenvalue weighted by atomic mass is 10.2. The average Bonchev–Trinajstić information content (AvgIpc) is 2.17. The minimum atomic E-state index is -0.830. The number of carboxylic acid groups (broad SMARTS) is 1. The van der Waals surface area contributed by atoms with Crippen LogP contribution in [0.3, 0.4) is 0 Å². The molecule has 15 heavy (non-hydrogen) atoms. The Labute approximate surface area is 88.1 Å². The maximum absolute atomic E-state index is 10.4. The van der Waals surface area contributed by atoms with Crippen LogP contribution in [0.15, 0.2) is 18.3 Å². The standard InChI is InChI=1S/C10H14N2O3/c1-7(5-10(13)14)12-9-4-3-8(15-2)6-11-9/h3-4,6-7H,5H2,1-2H3,(H,11,12)(H,13,14). The van der Waals surface area contributed by atoms with E-state index < -0.39 is 5.97 Å². The summed E-state index contributed by atoms with van der Waals surface area (Å²) in [6, 6.07) is 3.36. The summed E-state index contributed by atoms with van der Waals surface area (Å²) >= 11 is 0. The van der Waals surface area contributed by atoms with Crippen molar-refractivity contribution in [2.24, 2.45) is 0 Å². The predicted octanol–water partition coefficient (Wildman–Crippen LogP) is 1.37. The zero-order valence-electron chi connectivity index (χ0n) is 8.73. The van der Waals surface area contributed by atoms with Crippen molar-refractivity contribution in [1.82, 2.24) is 4.98 Å². The van der Waals surface area contributed by atoms with Crippen LogP contribution in [-0.2, 0) is 4.79 Å².